The average molecular weight is 235 g/mol. The molecule has 1 aromatic rings. The summed E-state index contributed by atoms with van der Waals surface area (Å²) in [5.41, 5.74) is 1.11. The summed E-state index contributed by atoms with van der Waals surface area (Å²) >= 11 is 0. The molecule has 1 aliphatic rings. The van der Waals surface area contributed by atoms with Crippen molar-refractivity contribution in [2.45, 2.75) is 19.1 Å². The lowest BCUT2D eigenvalue weighted by Gasteiger charge is -2.35. The zero-order valence-electron chi connectivity index (χ0n) is 9.87. The van der Waals surface area contributed by atoms with Gasteiger partial charge >= 0.3 is 5.97 Å². The Balaban J connectivity index is 2.05. The van der Waals surface area contributed by atoms with Crippen LogP contribution in [0, 0.1) is 0 Å². The van der Waals surface area contributed by atoms with Crippen LogP contribution in [0.3, 0.4) is 0 Å². The molecule has 1 N–H and O–H groups in total. The monoisotopic (exact) mass is 235 g/mol. The number of ether oxygens (including phenoxy) is 1. The van der Waals surface area contributed by atoms with Gasteiger partial charge in [-0.05, 0) is 12.5 Å². The lowest BCUT2D eigenvalue weighted by Crippen LogP contribution is -2.46. The molecule has 4 heteroatoms. The molecule has 0 amide bonds. The van der Waals surface area contributed by atoms with Crippen LogP contribution in [0.5, 0.6) is 0 Å². The van der Waals surface area contributed by atoms with Gasteiger partial charge < -0.3 is 9.84 Å². The van der Waals surface area contributed by atoms with Crippen LogP contribution in [0.25, 0.3) is 0 Å². The number of benzene rings is 1. The van der Waals surface area contributed by atoms with Crippen LogP contribution in [-0.2, 0) is 9.53 Å². The summed E-state index contributed by atoms with van der Waals surface area (Å²) in [5, 5.41) is 9.01. The number of morpholine rings is 1. The summed E-state index contributed by atoms with van der Waals surface area (Å²) < 4.78 is 5.69. The zero-order chi connectivity index (χ0) is 12.3. The fourth-order valence-electron chi connectivity index (χ4n) is 2.05. The van der Waals surface area contributed by atoms with E-state index in [1.54, 1.807) is 6.92 Å². The van der Waals surface area contributed by atoms with E-state index in [0.717, 1.165) is 5.56 Å². The van der Waals surface area contributed by atoms with Crippen molar-refractivity contribution in [2.24, 2.45) is 0 Å². The summed E-state index contributed by atoms with van der Waals surface area (Å²) in [6, 6.07) is 9.48. The molecule has 1 aromatic carbocycles. The van der Waals surface area contributed by atoms with Crippen molar-refractivity contribution in [2.75, 3.05) is 19.7 Å². The first-order valence-electron chi connectivity index (χ1n) is 5.82. The minimum Gasteiger partial charge on any atom is -0.480 e. The topological polar surface area (TPSA) is 49.8 Å². The largest absolute Gasteiger partial charge is 0.480 e. The number of hydrogen-bond acceptors (Lipinski definition) is 3. The molecule has 1 fully saturated rings. The molecule has 1 heterocycles. The number of carboxylic acids is 1. The van der Waals surface area contributed by atoms with Gasteiger partial charge in [-0.1, -0.05) is 30.3 Å². The Morgan fingerprint density at radius 2 is 2.18 bits per heavy atom. The average Bonchev–Trinajstić information content (AvgIpc) is 2.39. The highest BCUT2D eigenvalue weighted by Crippen LogP contribution is 2.22. The number of hydrogen-bond donors (Lipinski definition) is 1. The molecule has 0 spiro atoms. The standard InChI is InChI=1S/C13H17NO3/c1-10(13(15)16)14-7-8-17-12(9-14)11-5-3-2-4-6-11/h2-6,10,12H,7-9H2,1H3,(H,15,16). The quantitative estimate of drug-likeness (QED) is 0.863. The van der Waals surface area contributed by atoms with E-state index in [1.807, 2.05) is 35.2 Å². The number of nitrogens with zero attached hydrogens (tertiary/aromatic N) is 1. The van der Waals surface area contributed by atoms with E-state index >= 15 is 0 Å². The van der Waals surface area contributed by atoms with Crippen LogP contribution in [0.2, 0.25) is 0 Å². The van der Waals surface area contributed by atoms with Gasteiger partial charge in [0.05, 0.1) is 12.7 Å². The summed E-state index contributed by atoms with van der Waals surface area (Å²) in [6.45, 7) is 3.61. The van der Waals surface area contributed by atoms with Gasteiger partial charge in [0, 0.05) is 13.1 Å². The predicted molar refractivity (Wildman–Crippen MR) is 63.8 cm³/mol. The maximum atomic E-state index is 11.0. The van der Waals surface area contributed by atoms with Gasteiger partial charge in [0.25, 0.3) is 0 Å². The fraction of sp³-hybridized carbons (Fsp3) is 0.462. The normalized spacial score (nSPS) is 23.2. The molecule has 0 aliphatic carbocycles. The molecular weight excluding hydrogens is 218 g/mol. The maximum Gasteiger partial charge on any atom is 0.320 e. The van der Waals surface area contributed by atoms with Crippen LogP contribution in [0.1, 0.15) is 18.6 Å². The Morgan fingerprint density at radius 3 is 2.82 bits per heavy atom. The molecule has 0 bridgehead atoms. The molecule has 0 aromatic heterocycles. The Kier molecular flexibility index (Phi) is 3.76. The molecule has 1 aliphatic heterocycles. The van der Waals surface area contributed by atoms with Gasteiger partial charge in [0.1, 0.15) is 6.04 Å². The molecule has 2 rings (SSSR count). The zero-order valence-corrected chi connectivity index (χ0v) is 9.87. The van der Waals surface area contributed by atoms with E-state index in [4.69, 9.17) is 9.84 Å². The second kappa shape index (κ2) is 5.29. The Bertz CT molecular complexity index is 380. The first kappa shape index (κ1) is 12.1. The highest BCUT2D eigenvalue weighted by molar-refractivity contribution is 5.72. The molecule has 2 atom stereocenters. The highest BCUT2D eigenvalue weighted by Gasteiger charge is 2.28. The first-order valence-corrected chi connectivity index (χ1v) is 5.82. The number of rotatable bonds is 3. The summed E-state index contributed by atoms with van der Waals surface area (Å²) in [5.74, 6) is -0.779. The molecule has 4 nitrogen and oxygen atoms in total. The number of carboxylic acid groups (broad SMARTS) is 1. The Morgan fingerprint density at radius 1 is 1.47 bits per heavy atom. The molecule has 92 valence electrons. The number of carbonyl (C=O) groups is 1. The van der Waals surface area contributed by atoms with E-state index in [-0.39, 0.29) is 6.10 Å². The molecule has 2 unspecified atom stereocenters. The van der Waals surface area contributed by atoms with Gasteiger partial charge in [-0.15, -0.1) is 0 Å². The van der Waals surface area contributed by atoms with E-state index in [1.165, 1.54) is 0 Å². The van der Waals surface area contributed by atoms with Gasteiger partial charge in [-0.3, -0.25) is 9.69 Å². The second-order valence-electron chi connectivity index (χ2n) is 4.28. The highest BCUT2D eigenvalue weighted by atomic mass is 16.5. The molecule has 17 heavy (non-hydrogen) atoms. The van der Waals surface area contributed by atoms with Crippen molar-refractivity contribution in [3.8, 4) is 0 Å². The van der Waals surface area contributed by atoms with Gasteiger partial charge in [0.2, 0.25) is 0 Å². The molecule has 0 saturated carbocycles. The lowest BCUT2D eigenvalue weighted by molar-refractivity contribution is -0.145. The van der Waals surface area contributed by atoms with E-state index < -0.39 is 12.0 Å². The van der Waals surface area contributed by atoms with E-state index in [2.05, 4.69) is 0 Å². The van der Waals surface area contributed by atoms with Gasteiger partial charge in [-0.2, -0.15) is 0 Å². The second-order valence-corrected chi connectivity index (χ2v) is 4.28. The van der Waals surface area contributed by atoms with Gasteiger partial charge in [0.15, 0.2) is 0 Å². The maximum absolute atomic E-state index is 11.0. The van der Waals surface area contributed by atoms with E-state index in [9.17, 15) is 4.79 Å². The van der Waals surface area contributed by atoms with Crippen molar-refractivity contribution in [3.63, 3.8) is 0 Å². The third-order valence-corrected chi connectivity index (χ3v) is 3.17. The van der Waals surface area contributed by atoms with Crippen LogP contribution >= 0.6 is 0 Å². The molecule has 0 radical (unpaired) electrons. The van der Waals surface area contributed by atoms with Gasteiger partial charge in [-0.25, -0.2) is 0 Å². The van der Waals surface area contributed by atoms with Crippen molar-refractivity contribution < 1.29 is 14.6 Å². The van der Waals surface area contributed by atoms with Crippen LogP contribution in [0.4, 0.5) is 0 Å². The summed E-state index contributed by atoms with van der Waals surface area (Å²) in [7, 11) is 0. The van der Waals surface area contributed by atoms with E-state index in [0.29, 0.717) is 19.7 Å². The summed E-state index contributed by atoms with van der Waals surface area (Å²) in [6.07, 6.45) is -0.0215. The third kappa shape index (κ3) is 2.84. The molecule has 1 saturated heterocycles. The van der Waals surface area contributed by atoms with Crippen molar-refractivity contribution in [1.82, 2.24) is 4.90 Å². The van der Waals surface area contributed by atoms with Crippen LogP contribution in [-0.4, -0.2) is 41.7 Å². The van der Waals surface area contributed by atoms with Crippen LogP contribution < -0.4 is 0 Å². The fourth-order valence-corrected chi connectivity index (χ4v) is 2.05. The number of aliphatic carboxylic acids is 1. The predicted octanol–water partition coefficient (Wildman–Crippen LogP) is 1.53. The SMILES string of the molecule is CC(C(=O)O)N1CCOC(c2ccccc2)C1. The first-order chi connectivity index (χ1) is 8.18. The lowest BCUT2D eigenvalue weighted by atomic mass is 10.1. The Hall–Kier alpha value is -1.39. The summed E-state index contributed by atoms with van der Waals surface area (Å²) in [4.78, 5) is 12.9. The molecular formula is C13H17NO3. The van der Waals surface area contributed by atoms with Crippen LogP contribution in [0.15, 0.2) is 30.3 Å². The van der Waals surface area contributed by atoms with Crippen molar-refractivity contribution in [3.05, 3.63) is 35.9 Å². The van der Waals surface area contributed by atoms with Crippen molar-refractivity contribution in [1.29, 1.82) is 0 Å². The van der Waals surface area contributed by atoms with Crippen molar-refractivity contribution >= 4 is 5.97 Å². The Labute approximate surface area is 101 Å². The smallest absolute Gasteiger partial charge is 0.320 e. The minimum atomic E-state index is -0.779. The minimum absolute atomic E-state index is 0.0215. The third-order valence-electron chi connectivity index (χ3n) is 3.17.